The molecule has 0 aliphatic heterocycles. The van der Waals surface area contributed by atoms with Gasteiger partial charge in [0.2, 0.25) is 0 Å². The van der Waals surface area contributed by atoms with E-state index in [1.165, 1.54) is 0 Å². The highest BCUT2D eigenvalue weighted by atomic mass is 16.2. The van der Waals surface area contributed by atoms with Gasteiger partial charge in [0.05, 0.1) is 0 Å². The van der Waals surface area contributed by atoms with Gasteiger partial charge in [0.25, 0.3) is 5.91 Å². The smallest absolute Gasteiger partial charge is 0.265 e. The van der Waals surface area contributed by atoms with Crippen molar-refractivity contribution in [2.24, 2.45) is 5.84 Å². The van der Waals surface area contributed by atoms with Gasteiger partial charge in [0, 0.05) is 5.56 Å². The number of hydrogen-bond donors (Lipinski definition) is 2. The van der Waals surface area contributed by atoms with Crippen LogP contribution in [0.4, 0.5) is 0 Å². The molecule has 1 amide bonds. The van der Waals surface area contributed by atoms with Gasteiger partial charge in [0.1, 0.15) is 0 Å². The largest absolute Gasteiger partial charge is 0.290 e. The summed E-state index contributed by atoms with van der Waals surface area (Å²) in [6.07, 6.45) is 1.71. The standard InChI is InChI=1S/C9H10N2O.C2H6/c1-2-7-3-5-8(6-4-7)9(12)11-10;1-2/h2-6H,1,10H2,(H,11,12);1-2H3. The number of nitrogens with one attached hydrogen (secondary N) is 1. The molecular weight excluding hydrogens is 176 g/mol. The number of nitrogens with two attached hydrogens (primary N) is 1. The molecule has 3 nitrogen and oxygen atoms in total. The minimum atomic E-state index is -0.286. The maximum atomic E-state index is 11.0. The number of carbonyl (C=O) groups is 1. The normalized spacial score (nSPS) is 8.21. The van der Waals surface area contributed by atoms with Crippen LogP contribution in [0.3, 0.4) is 0 Å². The van der Waals surface area contributed by atoms with E-state index in [-0.39, 0.29) is 5.91 Å². The molecule has 0 radical (unpaired) electrons. The monoisotopic (exact) mass is 192 g/mol. The molecule has 14 heavy (non-hydrogen) atoms. The third kappa shape index (κ3) is 3.41. The van der Waals surface area contributed by atoms with E-state index in [1.54, 1.807) is 30.3 Å². The first-order valence-electron chi connectivity index (χ1n) is 4.51. The molecule has 0 fully saturated rings. The van der Waals surface area contributed by atoms with Crippen LogP contribution in [-0.2, 0) is 0 Å². The molecule has 1 rings (SSSR count). The van der Waals surface area contributed by atoms with Crippen molar-refractivity contribution in [3.8, 4) is 0 Å². The molecular formula is C11H16N2O. The molecule has 1 aromatic rings. The fourth-order valence-electron chi connectivity index (χ4n) is 0.854. The summed E-state index contributed by atoms with van der Waals surface area (Å²) in [7, 11) is 0. The number of hydrogen-bond acceptors (Lipinski definition) is 2. The second-order valence-corrected chi connectivity index (χ2v) is 2.30. The van der Waals surface area contributed by atoms with Crippen molar-refractivity contribution in [3.05, 3.63) is 42.0 Å². The van der Waals surface area contributed by atoms with Crippen LogP contribution in [-0.4, -0.2) is 5.91 Å². The zero-order valence-corrected chi connectivity index (χ0v) is 8.58. The average molecular weight is 192 g/mol. The van der Waals surface area contributed by atoms with E-state index >= 15 is 0 Å². The number of amides is 1. The average Bonchev–Trinajstić information content (AvgIpc) is 2.31. The van der Waals surface area contributed by atoms with Crippen molar-refractivity contribution < 1.29 is 4.79 Å². The molecule has 0 saturated carbocycles. The molecule has 1 aromatic carbocycles. The Balaban J connectivity index is 0.000000791. The van der Waals surface area contributed by atoms with Crippen molar-refractivity contribution in [1.29, 1.82) is 0 Å². The van der Waals surface area contributed by atoms with Crippen LogP contribution in [0, 0.1) is 0 Å². The summed E-state index contributed by atoms with van der Waals surface area (Å²) < 4.78 is 0. The predicted octanol–water partition coefficient (Wildman–Crippen LogP) is 1.96. The lowest BCUT2D eigenvalue weighted by Crippen LogP contribution is -2.29. The zero-order chi connectivity index (χ0) is 11.0. The maximum absolute atomic E-state index is 11.0. The van der Waals surface area contributed by atoms with Crippen LogP contribution >= 0.6 is 0 Å². The molecule has 76 valence electrons. The molecule has 3 N–H and O–H groups in total. The lowest BCUT2D eigenvalue weighted by molar-refractivity contribution is 0.0953. The van der Waals surface area contributed by atoms with Crippen LogP contribution in [0.2, 0.25) is 0 Å². The Bertz CT molecular complexity index is 291. The zero-order valence-electron chi connectivity index (χ0n) is 8.58. The fourth-order valence-corrected chi connectivity index (χ4v) is 0.854. The van der Waals surface area contributed by atoms with Gasteiger partial charge >= 0.3 is 0 Å². The van der Waals surface area contributed by atoms with Gasteiger partial charge in [-0.2, -0.15) is 0 Å². The topological polar surface area (TPSA) is 55.1 Å². The first-order valence-corrected chi connectivity index (χ1v) is 4.51. The highest BCUT2D eigenvalue weighted by molar-refractivity contribution is 5.93. The van der Waals surface area contributed by atoms with Gasteiger partial charge < -0.3 is 0 Å². The summed E-state index contributed by atoms with van der Waals surface area (Å²) in [5.74, 6) is 4.67. The summed E-state index contributed by atoms with van der Waals surface area (Å²) in [6, 6.07) is 6.99. The van der Waals surface area contributed by atoms with Crippen LogP contribution in [0.15, 0.2) is 30.8 Å². The Morgan fingerprint density at radius 3 is 2.21 bits per heavy atom. The van der Waals surface area contributed by atoms with Crippen molar-refractivity contribution in [2.75, 3.05) is 0 Å². The van der Waals surface area contributed by atoms with Gasteiger partial charge in [-0.25, -0.2) is 5.84 Å². The number of rotatable bonds is 2. The molecule has 0 atom stereocenters. The van der Waals surface area contributed by atoms with Gasteiger partial charge in [-0.15, -0.1) is 0 Å². The van der Waals surface area contributed by atoms with Crippen molar-refractivity contribution in [1.82, 2.24) is 5.43 Å². The quantitative estimate of drug-likeness (QED) is 0.427. The SMILES string of the molecule is C=Cc1ccc(C(=O)NN)cc1.CC. The summed E-state index contributed by atoms with van der Waals surface area (Å²) >= 11 is 0. The third-order valence-corrected chi connectivity index (χ3v) is 1.54. The summed E-state index contributed by atoms with van der Waals surface area (Å²) in [4.78, 5) is 11.0. The third-order valence-electron chi connectivity index (χ3n) is 1.54. The van der Waals surface area contributed by atoms with Gasteiger partial charge in [0.15, 0.2) is 0 Å². The van der Waals surface area contributed by atoms with Crippen LogP contribution < -0.4 is 11.3 Å². The Morgan fingerprint density at radius 1 is 1.36 bits per heavy atom. The molecule has 0 heterocycles. The molecule has 0 aliphatic rings. The van der Waals surface area contributed by atoms with Gasteiger partial charge in [-0.05, 0) is 17.7 Å². The lowest BCUT2D eigenvalue weighted by atomic mass is 10.1. The molecule has 0 aromatic heterocycles. The van der Waals surface area contributed by atoms with Crippen LogP contribution in [0.5, 0.6) is 0 Å². The number of nitrogen functional groups attached to an aromatic ring is 1. The minimum Gasteiger partial charge on any atom is -0.290 e. The molecule has 0 spiro atoms. The van der Waals surface area contributed by atoms with E-state index in [9.17, 15) is 4.79 Å². The van der Waals surface area contributed by atoms with Crippen LogP contribution in [0.25, 0.3) is 6.08 Å². The molecule has 0 aliphatic carbocycles. The first kappa shape index (κ1) is 12.4. The fraction of sp³-hybridized carbons (Fsp3) is 0.182. The number of benzene rings is 1. The van der Waals surface area contributed by atoms with Crippen molar-refractivity contribution >= 4 is 12.0 Å². The van der Waals surface area contributed by atoms with E-state index in [0.29, 0.717) is 5.56 Å². The Hall–Kier alpha value is -1.61. The molecule has 0 unspecified atom stereocenters. The summed E-state index contributed by atoms with van der Waals surface area (Å²) in [5, 5.41) is 0. The highest BCUT2D eigenvalue weighted by Gasteiger charge is 2.00. The minimum absolute atomic E-state index is 0.286. The van der Waals surface area contributed by atoms with Gasteiger partial charge in [-0.3, -0.25) is 10.2 Å². The van der Waals surface area contributed by atoms with Gasteiger partial charge in [-0.1, -0.05) is 38.6 Å². The highest BCUT2D eigenvalue weighted by Crippen LogP contribution is 2.04. The number of hydrazine groups is 1. The van der Waals surface area contributed by atoms with E-state index in [4.69, 9.17) is 5.84 Å². The molecule has 0 saturated heterocycles. The van der Waals surface area contributed by atoms with E-state index < -0.39 is 0 Å². The summed E-state index contributed by atoms with van der Waals surface area (Å²) in [6.45, 7) is 7.60. The van der Waals surface area contributed by atoms with E-state index in [0.717, 1.165) is 5.56 Å². The Kier molecular flexibility index (Phi) is 6.07. The van der Waals surface area contributed by atoms with E-state index in [1.807, 2.05) is 13.8 Å². The molecule has 3 heteroatoms. The van der Waals surface area contributed by atoms with Crippen molar-refractivity contribution in [2.45, 2.75) is 13.8 Å². The maximum Gasteiger partial charge on any atom is 0.265 e. The second kappa shape index (κ2) is 6.86. The van der Waals surface area contributed by atoms with Crippen molar-refractivity contribution in [3.63, 3.8) is 0 Å². The second-order valence-electron chi connectivity index (χ2n) is 2.30. The first-order chi connectivity index (χ1) is 6.77. The Labute approximate surface area is 84.6 Å². The van der Waals surface area contributed by atoms with E-state index in [2.05, 4.69) is 12.0 Å². The van der Waals surface area contributed by atoms with Crippen LogP contribution in [0.1, 0.15) is 29.8 Å². The molecule has 0 bridgehead atoms. The summed E-state index contributed by atoms with van der Waals surface area (Å²) in [5.41, 5.74) is 3.57. The predicted molar refractivity (Wildman–Crippen MR) is 59.5 cm³/mol. The lowest BCUT2D eigenvalue weighted by Gasteiger charge is -1.98. The number of carbonyl (C=O) groups excluding carboxylic acids is 1. The Morgan fingerprint density at radius 2 is 1.86 bits per heavy atom.